The van der Waals surface area contributed by atoms with Crippen LogP contribution in [0.3, 0.4) is 0 Å². The smallest absolute Gasteiger partial charge is 0.150 e. The van der Waals surface area contributed by atoms with Crippen LogP contribution in [0, 0.1) is 5.92 Å². The summed E-state index contributed by atoms with van der Waals surface area (Å²) in [6, 6.07) is 3.88. The van der Waals surface area contributed by atoms with E-state index in [0.717, 1.165) is 18.9 Å². The molecule has 4 heteroatoms. The predicted molar refractivity (Wildman–Crippen MR) is 58.4 cm³/mol. The van der Waals surface area contributed by atoms with Crippen LogP contribution in [0.4, 0.5) is 5.82 Å². The molecule has 78 valence electrons. The van der Waals surface area contributed by atoms with Gasteiger partial charge in [0.05, 0.1) is 0 Å². The standard InChI is InChI=1S/C10H18N4/c1-9(7-11-2)8-14(3)10-5-4-6-12-13-10/h4-6,9,11H,7-8H2,1-3H3. The summed E-state index contributed by atoms with van der Waals surface area (Å²) in [5, 5.41) is 11.1. The van der Waals surface area contributed by atoms with E-state index < -0.39 is 0 Å². The average molecular weight is 194 g/mol. The van der Waals surface area contributed by atoms with Crippen LogP contribution in [0.5, 0.6) is 0 Å². The van der Waals surface area contributed by atoms with Crippen LogP contribution in [0.1, 0.15) is 6.92 Å². The molecule has 0 amide bonds. The molecule has 0 radical (unpaired) electrons. The lowest BCUT2D eigenvalue weighted by atomic mass is 10.1. The van der Waals surface area contributed by atoms with Gasteiger partial charge in [-0.1, -0.05) is 6.92 Å². The van der Waals surface area contributed by atoms with Crippen LogP contribution in [0.25, 0.3) is 0 Å². The van der Waals surface area contributed by atoms with Gasteiger partial charge < -0.3 is 10.2 Å². The minimum absolute atomic E-state index is 0.604. The Balaban J connectivity index is 2.46. The Labute approximate surface area is 85.3 Å². The molecule has 0 aliphatic rings. The van der Waals surface area contributed by atoms with Crippen LogP contribution in [0.15, 0.2) is 18.3 Å². The van der Waals surface area contributed by atoms with Gasteiger partial charge in [0.1, 0.15) is 0 Å². The highest BCUT2D eigenvalue weighted by atomic mass is 15.2. The van der Waals surface area contributed by atoms with Gasteiger partial charge in [0.2, 0.25) is 0 Å². The largest absolute Gasteiger partial charge is 0.358 e. The fourth-order valence-electron chi connectivity index (χ4n) is 1.47. The number of hydrogen-bond donors (Lipinski definition) is 1. The Morgan fingerprint density at radius 1 is 1.57 bits per heavy atom. The highest BCUT2D eigenvalue weighted by Crippen LogP contribution is 2.07. The quantitative estimate of drug-likeness (QED) is 0.751. The van der Waals surface area contributed by atoms with Crippen molar-refractivity contribution < 1.29 is 0 Å². The van der Waals surface area contributed by atoms with Gasteiger partial charge >= 0.3 is 0 Å². The molecule has 1 rings (SSSR count). The van der Waals surface area contributed by atoms with Crippen molar-refractivity contribution in [1.82, 2.24) is 15.5 Å². The topological polar surface area (TPSA) is 41.0 Å². The Kier molecular flexibility index (Phi) is 4.32. The molecule has 1 atom stereocenters. The minimum Gasteiger partial charge on any atom is -0.358 e. The molecular weight excluding hydrogens is 176 g/mol. The van der Waals surface area contributed by atoms with Crippen LogP contribution in [-0.4, -0.2) is 37.4 Å². The summed E-state index contributed by atoms with van der Waals surface area (Å²) in [5.74, 6) is 1.53. The Hall–Kier alpha value is -1.16. The number of nitrogens with zero attached hydrogens (tertiary/aromatic N) is 3. The van der Waals surface area contributed by atoms with Gasteiger partial charge in [0, 0.05) is 19.8 Å². The van der Waals surface area contributed by atoms with Gasteiger partial charge in [-0.3, -0.25) is 0 Å². The molecule has 1 aromatic heterocycles. The molecule has 0 aliphatic carbocycles. The number of hydrogen-bond acceptors (Lipinski definition) is 4. The van der Waals surface area contributed by atoms with Crippen molar-refractivity contribution in [3.8, 4) is 0 Å². The molecule has 1 N–H and O–H groups in total. The lowest BCUT2D eigenvalue weighted by Crippen LogP contribution is -2.30. The van der Waals surface area contributed by atoms with E-state index in [-0.39, 0.29) is 0 Å². The normalized spacial score (nSPS) is 12.5. The zero-order valence-electron chi connectivity index (χ0n) is 9.07. The molecule has 4 nitrogen and oxygen atoms in total. The van der Waals surface area contributed by atoms with Crippen LogP contribution in [-0.2, 0) is 0 Å². The van der Waals surface area contributed by atoms with E-state index >= 15 is 0 Å². The Morgan fingerprint density at radius 2 is 2.36 bits per heavy atom. The first kappa shape index (κ1) is 10.9. The van der Waals surface area contributed by atoms with Gasteiger partial charge in [-0.25, -0.2) is 0 Å². The molecule has 1 unspecified atom stereocenters. The third kappa shape index (κ3) is 3.30. The molecule has 0 spiro atoms. The van der Waals surface area contributed by atoms with E-state index in [0.29, 0.717) is 5.92 Å². The van der Waals surface area contributed by atoms with Crippen molar-refractivity contribution in [2.45, 2.75) is 6.92 Å². The number of nitrogens with one attached hydrogen (secondary N) is 1. The predicted octanol–water partition coefficient (Wildman–Crippen LogP) is 0.768. The third-order valence-corrected chi connectivity index (χ3v) is 2.09. The second-order valence-corrected chi connectivity index (χ2v) is 3.63. The zero-order chi connectivity index (χ0) is 10.4. The number of aromatic nitrogens is 2. The number of anilines is 1. The first-order chi connectivity index (χ1) is 6.74. The van der Waals surface area contributed by atoms with Crippen molar-refractivity contribution >= 4 is 5.82 Å². The maximum Gasteiger partial charge on any atom is 0.150 e. The van der Waals surface area contributed by atoms with E-state index in [2.05, 4.69) is 27.3 Å². The van der Waals surface area contributed by atoms with Gasteiger partial charge in [-0.2, -0.15) is 5.10 Å². The molecule has 1 heterocycles. The van der Waals surface area contributed by atoms with Crippen molar-refractivity contribution in [2.75, 3.05) is 32.1 Å². The van der Waals surface area contributed by atoms with Crippen molar-refractivity contribution in [2.24, 2.45) is 5.92 Å². The summed E-state index contributed by atoms with van der Waals surface area (Å²) >= 11 is 0. The van der Waals surface area contributed by atoms with E-state index in [4.69, 9.17) is 0 Å². The molecule has 0 saturated carbocycles. The lowest BCUT2D eigenvalue weighted by Gasteiger charge is -2.21. The molecule has 0 aromatic carbocycles. The maximum absolute atomic E-state index is 4.05. The molecule has 0 saturated heterocycles. The summed E-state index contributed by atoms with van der Waals surface area (Å²) in [7, 11) is 4.01. The van der Waals surface area contributed by atoms with E-state index in [1.54, 1.807) is 6.20 Å². The average Bonchev–Trinajstić information content (AvgIpc) is 2.19. The van der Waals surface area contributed by atoms with Crippen molar-refractivity contribution in [3.05, 3.63) is 18.3 Å². The van der Waals surface area contributed by atoms with E-state index in [1.165, 1.54) is 0 Å². The molecular formula is C10H18N4. The fraction of sp³-hybridized carbons (Fsp3) is 0.600. The van der Waals surface area contributed by atoms with Crippen LogP contribution >= 0.6 is 0 Å². The molecule has 1 aromatic rings. The monoisotopic (exact) mass is 194 g/mol. The number of rotatable bonds is 5. The third-order valence-electron chi connectivity index (χ3n) is 2.09. The molecule has 0 aliphatic heterocycles. The zero-order valence-corrected chi connectivity index (χ0v) is 9.07. The second kappa shape index (κ2) is 5.54. The van der Waals surface area contributed by atoms with Gasteiger partial charge in [-0.05, 0) is 31.6 Å². The Bertz CT molecular complexity index is 250. The molecule has 0 fully saturated rings. The van der Waals surface area contributed by atoms with Crippen molar-refractivity contribution in [3.63, 3.8) is 0 Å². The fourth-order valence-corrected chi connectivity index (χ4v) is 1.47. The van der Waals surface area contributed by atoms with Crippen LogP contribution in [0.2, 0.25) is 0 Å². The Morgan fingerprint density at radius 3 is 2.93 bits per heavy atom. The second-order valence-electron chi connectivity index (χ2n) is 3.63. The van der Waals surface area contributed by atoms with E-state index in [9.17, 15) is 0 Å². The molecule has 14 heavy (non-hydrogen) atoms. The van der Waals surface area contributed by atoms with Gasteiger partial charge in [0.25, 0.3) is 0 Å². The van der Waals surface area contributed by atoms with Gasteiger partial charge in [0.15, 0.2) is 5.82 Å². The van der Waals surface area contributed by atoms with Crippen molar-refractivity contribution in [1.29, 1.82) is 0 Å². The van der Waals surface area contributed by atoms with Gasteiger partial charge in [-0.15, -0.1) is 5.10 Å². The maximum atomic E-state index is 4.05. The summed E-state index contributed by atoms with van der Waals surface area (Å²) in [6.07, 6.45) is 1.69. The summed E-state index contributed by atoms with van der Waals surface area (Å²) in [6.45, 7) is 4.22. The summed E-state index contributed by atoms with van der Waals surface area (Å²) in [5.41, 5.74) is 0. The highest BCUT2D eigenvalue weighted by molar-refractivity contribution is 5.34. The summed E-state index contributed by atoms with van der Waals surface area (Å²) in [4.78, 5) is 2.12. The molecule has 0 bridgehead atoms. The minimum atomic E-state index is 0.604. The first-order valence-electron chi connectivity index (χ1n) is 4.87. The summed E-state index contributed by atoms with van der Waals surface area (Å²) < 4.78 is 0. The SMILES string of the molecule is CNCC(C)CN(C)c1cccnn1. The van der Waals surface area contributed by atoms with Crippen LogP contribution < -0.4 is 10.2 Å². The highest BCUT2D eigenvalue weighted by Gasteiger charge is 2.06. The van der Waals surface area contributed by atoms with E-state index in [1.807, 2.05) is 26.2 Å². The first-order valence-corrected chi connectivity index (χ1v) is 4.87. The lowest BCUT2D eigenvalue weighted by molar-refractivity contribution is 0.540.